The third-order valence-electron chi connectivity index (χ3n) is 6.38. The van der Waals surface area contributed by atoms with Crippen LogP contribution in [0, 0.1) is 0 Å². The van der Waals surface area contributed by atoms with Crippen LogP contribution in [0.3, 0.4) is 0 Å². The van der Waals surface area contributed by atoms with Gasteiger partial charge in [-0.05, 0) is 71.3 Å². The molecule has 0 saturated heterocycles. The van der Waals surface area contributed by atoms with Crippen LogP contribution in [0.5, 0.6) is 5.75 Å². The number of anilines is 1. The number of benzene rings is 4. The number of H-pyrrole nitrogens is 1. The van der Waals surface area contributed by atoms with Gasteiger partial charge in [-0.3, -0.25) is 4.72 Å². The summed E-state index contributed by atoms with van der Waals surface area (Å²) >= 11 is 0. The van der Waals surface area contributed by atoms with Gasteiger partial charge in [-0.25, -0.2) is 13.4 Å². The zero-order valence-corrected chi connectivity index (χ0v) is 20.8. The number of aromatic nitrogens is 2. The summed E-state index contributed by atoms with van der Waals surface area (Å²) in [4.78, 5) is 8.27. The largest absolute Gasteiger partial charge is 0.497 e. The van der Waals surface area contributed by atoms with Crippen molar-refractivity contribution in [2.75, 3.05) is 11.8 Å². The number of fused-ring (bicyclic) bond motifs is 3. The molecule has 182 valence electrons. The highest BCUT2D eigenvalue weighted by Gasteiger charge is 2.14. The normalized spacial score (nSPS) is 11.6. The van der Waals surface area contributed by atoms with Gasteiger partial charge in [-0.15, -0.1) is 0 Å². The molecular formula is C30H23N3O3S. The average molecular weight is 506 g/mol. The molecule has 4 aromatic carbocycles. The van der Waals surface area contributed by atoms with Gasteiger partial charge in [0.25, 0.3) is 10.0 Å². The summed E-state index contributed by atoms with van der Waals surface area (Å²) in [5.41, 5.74) is 6.24. The minimum Gasteiger partial charge on any atom is -0.497 e. The molecule has 0 amide bonds. The van der Waals surface area contributed by atoms with Crippen LogP contribution in [0.25, 0.3) is 44.2 Å². The third kappa shape index (κ3) is 4.41. The quantitative estimate of drug-likeness (QED) is 0.259. The standard InChI is InChI=1S/C30H23N3O3S/c1-36-25-13-10-20(11-14-25)22-12-15-29-27(17-22)28-18-23(19-31-30(28)32-29)21-6-5-7-24(16-21)33-37(34,35)26-8-3-2-4-9-26/h2-19,33H,1H3,(H,31,32). The molecule has 37 heavy (non-hydrogen) atoms. The average Bonchev–Trinajstić information content (AvgIpc) is 3.31. The van der Waals surface area contributed by atoms with Crippen molar-refractivity contribution in [3.05, 3.63) is 109 Å². The molecule has 0 aliphatic carbocycles. The number of nitrogens with zero attached hydrogens (tertiary/aromatic N) is 1. The predicted molar refractivity (Wildman–Crippen MR) is 148 cm³/mol. The van der Waals surface area contributed by atoms with Crippen molar-refractivity contribution in [3.63, 3.8) is 0 Å². The van der Waals surface area contributed by atoms with Gasteiger partial charge in [0.05, 0.1) is 12.0 Å². The number of rotatable bonds is 6. The van der Waals surface area contributed by atoms with E-state index in [2.05, 4.69) is 39.0 Å². The van der Waals surface area contributed by atoms with E-state index in [1.54, 1.807) is 49.7 Å². The van der Waals surface area contributed by atoms with E-state index in [0.717, 1.165) is 49.9 Å². The number of hydrogen-bond acceptors (Lipinski definition) is 4. The molecule has 0 radical (unpaired) electrons. The van der Waals surface area contributed by atoms with Crippen molar-refractivity contribution in [2.45, 2.75) is 4.90 Å². The molecule has 0 atom stereocenters. The second kappa shape index (κ2) is 9.11. The summed E-state index contributed by atoms with van der Waals surface area (Å²) in [5, 5.41) is 2.07. The Bertz CT molecular complexity index is 1850. The topological polar surface area (TPSA) is 84.1 Å². The fourth-order valence-electron chi connectivity index (χ4n) is 4.47. The summed E-state index contributed by atoms with van der Waals surface area (Å²) in [6, 6.07) is 32.1. The minimum absolute atomic E-state index is 0.218. The number of pyridine rings is 1. The van der Waals surface area contributed by atoms with Gasteiger partial charge in [0.2, 0.25) is 0 Å². The Balaban J connectivity index is 1.37. The molecule has 6 aromatic rings. The monoisotopic (exact) mass is 505 g/mol. The molecule has 0 bridgehead atoms. The Kier molecular flexibility index (Phi) is 5.62. The maximum absolute atomic E-state index is 12.8. The van der Waals surface area contributed by atoms with Crippen molar-refractivity contribution >= 4 is 37.6 Å². The Morgan fingerprint density at radius 2 is 1.46 bits per heavy atom. The lowest BCUT2D eigenvalue weighted by Gasteiger charge is -2.10. The molecule has 2 aromatic heterocycles. The highest BCUT2D eigenvalue weighted by atomic mass is 32.2. The van der Waals surface area contributed by atoms with Crippen LogP contribution in [-0.4, -0.2) is 25.5 Å². The minimum atomic E-state index is -3.68. The van der Waals surface area contributed by atoms with Crippen LogP contribution in [-0.2, 0) is 10.0 Å². The zero-order chi connectivity index (χ0) is 25.4. The van der Waals surface area contributed by atoms with E-state index in [9.17, 15) is 8.42 Å². The van der Waals surface area contributed by atoms with Crippen LogP contribution >= 0.6 is 0 Å². The molecule has 0 saturated carbocycles. The number of aromatic amines is 1. The number of ether oxygens (including phenoxy) is 1. The van der Waals surface area contributed by atoms with Crippen molar-refractivity contribution in [1.29, 1.82) is 0 Å². The maximum atomic E-state index is 12.8. The summed E-state index contributed by atoms with van der Waals surface area (Å²) in [6.07, 6.45) is 1.80. The maximum Gasteiger partial charge on any atom is 0.261 e. The SMILES string of the molecule is COc1ccc(-c2ccc3[nH]c4ncc(-c5cccc(NS(=O)(=O)c6ccccc6)c5)cc4c3c2)cc1. The van der Waals surface area contributed by atoms with E-state index in [4.69, 9.17) is 4.74 Å². The summed E-state index contributed by atoms with van der Waals surface area (Å²) in [5.74, 6) is 0.819. The summed E-state index contributed by atoms with van der Waals surface area (Å²) < 4.78 is 33.5. The fraction of sp³-hybridized carbons (Fsp3) is 0.0333. The molecule has 0 unspecified atom stereocenters. The number of methoxy groups -OCH3 is 1. The van der Waals surface area contributed by atoms with E-state index in [1.165, 1.54) is 0 Å². The zero-order valence-electron chi connectivity index (χ0n) is 20.0. The molecule has 0 aliphatic heterocycles. The first kappa shape index (κ1) is 22.8. The Labute approximate surface area is 214 Å². The molecule has 0 aliphatic rings. The third-order valence-corrected chi connectivity index (χ3v) is 7.77. The molecule has 0 spiro atoms. The molecule has 6 rings (SSSR count). The summed E-state index contributed by atoms with van der Waals surface area (Å²) in [7, 11) is -2.02. The van der Waals surface area contributed by atoms with Crippen molar-refractivity contribution in [3.8, 4) is 28.0 Å². The molecule has 2 heterocycles. The molecular weight excluding hydrogens is 482 g/mol. The summed E-state index contributed by atoms with van der Waals surface area (Å²) in [6.45, 7) is 0. The van der Waals surface area contributed by atoms with E-state index in [0.29, 0.717) is 5.69 Å². The Morgan fingerprint density at radius 3 is 2.24 bits per heavy atom. The van der Waals surface area contributed by atoms with Crippen LogP contribution in [0.1, 0.15) is 0 Å². The lowest BCUT2D eigenvalue weighted by molar-refractivity contribution is 0.415. The van der Waals surface area contributed by atoms with Crippen molar-refractivity contribution < 1.29 is 13.2 Å². The van der Waals surface area contributed by atoms with Crippen LogP contribution in [0.4, 0.5) is 5.69 Å². The van der Waals surface area contributed by atoms with E-state index in [-0.39, 0.29) is 4.90 Å². The van der Waals surface area contributed by atoms with Crippen LogP contribution in [0.2, 0.25) is 0 Å². The molecule has 7 heteroatoms. The van der Waals surface area contributed by atoms with E-state index >= 15 is 0 Å². The van der Waals surface area contributed by atoms with E-state index < -0.39 is 10.0 Å². The van der Waals surface area contributed by atoms with Gasteiger partial charge in [0.1, 0.15) is 11.4 Å². The number of sulfonamides is 1. The first-order chi connectivity index (χ1) is 18.0. The number of nitrogens with one attached hydrogen (secondary N) is 2. The second-order valence-electron chi connectivity index (χ2n) is 8.73. The Morgan fingerprint density at radius 1 is 0.730 bits per heavy atom. The van der Waals surface area contributed by atoms with E-state index in [1.807, 2.05) is 42.5 Å². The molecule has 0 fully saturated rings. The van der Waals surface area contributed by atoms with Gasteiger partial charge in [-0.2, -0.15) is 0 Å². The first-order valence-corrected chi connectivity index (χ1v) is 13.2. The van der Waals surface area contributed by atoms with Crippen LogP contribution in [0.15, 0.2) is 114 Å². The molecule has 2 N–H and O–H groups in total. The van der Waals surface area contributed by atoms with Gasteiger partial charge in [0.15, 0.2) is 0 Å². The van der Waals surface area contributed by atoms with Gasteiger partial charge in [-0.1, -0.05) is 48.5 Å². The lowest BCUT2D eigenvalue weighted by Crippen LogP contribution is -2.12. The molecule has 6 nitrogen and oxygen atoms in total. The lowest BCUT2D eigenvalue weighted by atomic mass is 10.0. The fourth-order valence-corrected chi connectivity index (χ4v) is 5.54. The predicted octanol–water partition coefficient (Wildman–Crippen LogP) is 6.86. The van der Waals surface area contributed by atoms with Crippen LogP contribution < -0.4 is 9.46 Å². The smallest absolute Gasteiger partial charge is 0.261 e. The van der Waals surface area contributed by atoms with Gasteiger partial charge in [0, 0.05) is 33.7 Å². The highest BCUT2D eigenvalue weighted by Crippen LogP contribution is 2.33. The van der Waals surface area contributed by atoms with Crippen molar-refractivity contribution in [1.82, 2.24) is 9.97 Å². The second-order valence-corrected chi connectivity index (χ2v) is 10.4. The van der Waals surface area contributed by atoms with Gasteiger partial charge >= 0.3 is 0 Å². The first-order valence-electron chi connectivity index (χ1n) is 11.7. The van der Waals surface area contributed by atoms with Gasteiger partial charge < -0.3 is 9.72 Å². The highest BCUT2D eigenvalue weighted by molar-refractivity contribution is 7.92. The Hall–Kier alpha value is -4.62. The number of hydrogen-bond donors (Lipinski definition) is 2. The van der Waals surface area contributed by atoms with Crippen molar-refractivity contribution in [2.24, 2.45) is 0 Å².